The molecule has 0 aromatic carbocycles. The van der Waals surface area contributed by atoms with E-state index in [0.717, 1.165) is 24.9 Å². The molecule has 96 valence electrons. The Kier molecular flexibility index (Phi) is 5.26. The van der Waals surface area contributed by atoms with Crippen LogP contribution in [0.3, 0.4) is 0 Å². The third kappa shape index (κ3) is 3.74. The molecule has 1 saturated carbocycles. The van der Waals surface area contributed by atoms with Crippen LogP contribution in [0.2, 0.25) is 0 Å². The van der Waals surface area contributed by atoms with Gasteiger partial charge >= 0.3 is 0 Å². The van der Waals surface area contributed by atoms with Crippen molar-refractivity contribution in [3.05, 3.63) is 0 Å². The monoisotopic (exact) mass is 226 g/mol. The van der Waals surface area contributed by atoms with Crippen molar-refractivity contribution in [2.24, 2.45) is 23.5 Å². The molecule has 2 nitrogen and oxygen atoms in total. The Morgan fingerprint density at radius 2 is 2.00 bits per heavy atom. The highest BCUT2D eigenvalue weighted by Crippen LogP contribution is 2.35. The summed E-state index contributed by atoms with van der Waals surface area (Å²) >= 11 is 0. The fourth-order valence-electron chi connectivity index (χ4n) is 2.82. The fraction of sp³-hybridized carbons (Fsp3) is 1.00. The predicted molar refractivity (Wildman–Crippen MR) is 71.4 cm³/mol. The van der Waals surface area contributed by atoms with Crippen LogP contribution in [0.1, 0.15) is 53.4 Å². The molecule has 1 aliphatic rings. The van der Waals surface area contributed by atoms with Crippen molar-refractivity contribution >= 4 is 0 Å². The lowest BCUT2D eigenvalue weighted by Crippen LogP contribution is -2.55. The van der Waals surface area contributed by atoms with E-state index in [9.17, 15) is 0 Å². The first-order chi connectivity index (χ1) is 7.49. The van der Waals surface area contributed by atoms with Crippen molar-refractivity contribution in [1.82, 2.24) is 5.32 Å². The van der Waals surface area contributed by atoms with Crippen molar-refractivity contribution in [2.45, 2.75) is 58.9 Å². The molecule has 0 aliphatic heterocycles. The molecule has 0 heterocycles. The second-order valence-corrected chi connectivity index (χ2v) is 6.36. The zero-order valence-electron chi connectivity index (χ0n) is 11.6. The molecule has 16 heavy (non-hydrogen) atoms. The summed E-state index contributed by atoms with van der Waals surface area (Å²) in [4.78, 5) is 0. The Labute approximate surface area is 101 Å². The molecule has 2 heteroatoms. The van der Waals surface area contributed by atoms with E-state index in [1.807, 2.05) is 0 Å². The molecular weight excluding hydrogens is 196 g/mol. The van der Waals surface area contributed by atoms with E-state index in [1.165, 1.54) is 25.7 Å². The van der Waals surface area contributed by atoms with E-state index < -0.39 is 0 Å². The van der Waals surface area contributed by atoms with Gasteiger partial charge in [0.2, 0.25) is 0 Å². The van der Waals surface area contributed by atoms with Gasteiger partial charge in [-0.2, -0.15) is 0 Å². The van der Waals surface area contributed by atoms with Crippen molar-refractivity contribution in [3.8, 4) is 0 Å². The van der Waals surface area contributed by atoms with Gasteiger partial charge in [-0.05, 0) is 37.1 Å². The minimum absolute atomic E-state index is 0.234. The van der Waals surface area contributed by atoms with Crippen LogP contribution < -0.4 is 11.1 Å². The summed E-state index contributed by atoms with van der Waals surface area (Å²) in [5, 5.41) is 3.74. The van der Waals surface area contributed by atoms with Crippen molar-refractivity contribution in [2.75, 3.05) is 13.1 Å². The van der Waals surface area contributed by atoms with Crippen LogP contribution in [-0.4, -0.2) is 18.6 Å². The van der Waals surface area contributed by atoms with Gasteiger partial charge in [-0.3, -0.25) is 0 Å². The maximum absolute atomic E-state index is 6.02. The fourth-order valence-corrected chi connectivity index (χ4v) is 2.82. The van der Waals surface area contributed by atoms with E-state index in [4.69, 9.17) is 5.73 Å². The zero-order chi connectivity index (χ0) is 12.2. The number of hydrogen-bond donors (Lipinski definition) is 2. The van der Waals surface area contributed by atoms with Gasteiger partial charge in [0.1, 0.15) is 0 Å². The number of nitrogens with one attached hydrogen (secondary N) is 1. The first kappa shape index (κ1) is 14.0. The van der Waals surface area contributed by atoms with E-state index >= 15 is 0 Å². The van der Waals surface area contributed by atoms with Crippen molar-refractivity contribution in [1.29, 1.82) is 0 Å². The summed E-state index contributed by atoms with van der Waals surface area (Å²) in [6, 6.07) is 0. The molecule has 1 fully saturated rings. The topological polar surface area (TPSA) is 38.0 Å². The third-order valence-corrected chi connectivity index (χ3v) is 4.10. The average Bonchev–Trinajstić information content (AvgIpc) is 2.26. The normalized spacial score (nSPS) is 31.3. The Morgan fingerprint density at radius 3 is 2.50 bits per heavy atom. The largest absolute Gasteiger partial charge is 0.329 e. The summed E-state index contributed by atoms with van der Waals surface area (Å²) in [5.41, 5.74) is 6.26. The van der Waals surface area contributed by atoms with Crippen LogP contribution >= 0.6 is 0 Å². The molecule has 1 aliphatic carbocycles. The maximum Gasteiger partial charge on any atom is 0.0306 e. The van der Waals surface area contributed by atoms with Gasteiger partial charge in [-0.15, -0.1) is 0 Å². The van der Waals surface area contributed by atoms with E-state index in [2.05, 4.69) is 33.0 Å². The summed E-state index contributed by atoms with van der Waals surface area (Å²) in [6.45, 7) is 11.1. The molecule has 0 spiro atoms. The summed E-state index contributed by atoms with van der Waals surface area (Å²) < 4.78 is 0. The van der Waals surface area contributed by atoms with Crippen LogP contribution in [-0.2, 0) is 0 Å². The van der Waals surface area contributed by atoms with Crippen LogP contribution in [0.5, 0.6) is 0 Å². The first-order valence-electron chi connectivity index (χ1n) is 6.94. The standard InChI is InChI=1S/C14H30N2/c1-11(2)9-16-14(10-15)7-5-6-13(8-14)12(3)4/h11-13,16H,5-10,15H2,1-4H3. The SMILES string of the molecule is CC(C)CNC1(CN)CCCC(C(C)C)C1. The molecule has 1 rings (SSSR count). The molecule has 2 unspecified atom stereocenters. The molecular formula is C14H30N2. The molecule has 0 aromatic rings. The highest BCUT2D eigenvalue weighted by Gasteiger charge is 2.35. The third-order valence-electron chi connectivity index (χ3n) is 4.10. The van der Waals surface area contributed by atoms with E-state index in [0.29, 0.717) is 5.92 Å². The zero-order valence-corrected chi connectivity index (χ0v) is 11.6. The quantitative estimate of drug-likeness (QED) is 0.756. The number of rotatable bonds is 5. The Balaban J connectivity index is 2.56. The summed E-state index contributed by atoms with van der Waals surface area (Å²) in [6.07, 6.45) is 5.27. The molecule has 0 bridgehead atoms. The van der Waals surface area contributed by atoms with Gasteiger partial charge in [-0.1, -0.05) is 40.5 Å². The number of hydrogen-bond acceptors (Lipinski definition) is 2. The van der Waals surface area contributed by atoms with Crippen LogP contribution in [0.15, 0.2) is 0 Å². The lowest BCUT2D eigenvalue weighted by atomic mass is 9.71. The van der Waals surface area contributed by atoms with E-state index in [1.54, 1.807) is 0 Å². The van der Waals surface area contributed by atoms with Crippen LogP contribution in [0.4, 0.5) is 0 Å². The lowest BCUT2D eigenvalue weighted by molar-refractivity contribution is 0.149. The minimum atomic E-state index is 0.234. The lowest BCUT2D eigenvalue weighted by Gasteiger charge is -2.43. The molecule has 3 N–H and O–H groups in total. The Morgan fingerprint density at radius 1 is 1.31 bits per heavy atom. The highest BCUT2D eigenvalue weighted by atomic mass is 15.0. The maximum atomic E-state index is 6.02. The highest BCUT2D eigenvalue weighted by molar-refractivity contribution is 4.95. The number of nitrogens with two attached hydrogens (primary N) is 1. The molecule has 0 amide bonds. The first-order valence-corrected chi connectivity index (χ1v) is 6.94. The van der Waals surface area contributed by atoms with Crippen LogP contribution in [0, 0.1) is 17.8 Å². The molecule has 0 aromatic heterocycles. The summed E-state index contributed by atoms with van der Waals surface area (Å²) in [7, 11) is 0. The van der Waals surface area contributed by atoms with Crippen molar-refractivity contribution in [3.63, 3.8) is 0 Å². The predicted octanol–water partition coefficient (Wildman–Crippen LogP) is 2.78. The van der Waals surface area contributed by atoms with Crippen LogP contribution in [0.25, 0.3) is 0 Å². The molecule has 2 atom stereocenters. The second kappa shape index (κ2) is 6.02. The van der Waals surface area contributed by atoms with Gasteiger partial charge in [0, 0.05) is 12.1 Å². The Bertz CT molecular complexity index is 201. The average molecular weight is 226 g/mol. The van der Waals surface area contributed by atoms with Gasteiger partial charge in [0.15, 0.2) is 0 Å². The minimum Gasteiger partial charge on any atom is -0.329 e. The van der Waals surface area contributed by atoms with Gasteiger partial charge < -0.3 is 11.1 Å². The Hall–Kier alpha value is -0.0800. The van der Waals surface area contributed by atoms with Crippen molar-refractivity contribution < 1.29 is 0 Å². The van der Waals surface area contributed by atoms with Gasteiger partial charge in [0.05, 0.1) is 0 Å². The molecule has 0 saturated heterocycles. The van der Waals surface area contributed by atoms with Gasteiger partial charge in [-0.25, -0.2) is 0 Å². The molecule has 0 radical (unpaired) electrons. The second-order valence-electron chi connectivity index (χ2n) is 6.36. The van der Waals surface area contributed by atoms with Gasteiger partial charge in [0.25, 0.3) is 0 Å². The summed E-state index contributed by atoms with van der Waals surface area (Å²) in [5.74, 6) is 2.37. The smallest absolute Gasteiger partial charge is 0.0306 e. The van der Waals surface area contributed by atoms with E-state index in [-0.39, 0.29) is 5.54 Å².